The van der Waals surface area contributed by atoms with Crippen molar-refractivity contribution >= 4 is 0 Å². The SMILES string of the molecule is Cc1cc(C)n(-c2nccn(CC(C)C)c2=O)n1. The average Bonchev–Trinajstić information content (AvgIpc) is 2.60. The molecule has 2 rings (SSSR count). The Balaban J connectivity index is 2.53. The third kappa shape index (κ3) is 2.34. The van der Waals surface area contributed by atoms with Crippen molar-refractivity contribution in [2.75, 3.05) is 0 Å². The topological polar surface area (TPSA) is 52.7 Å². The fourth-order valence-electron chi connectivity index (χ4n) is 1.96. The lowest BCUT2D eigenvalue weighted by molar-refractivity contribution is 0.506. The lowest BCUT2D eigenvalue weighted by Crippen LogP contribution is -2.27. The first kappa shape index (κ1) is 12.5. The monoisotopic (exact) mass is 246 g/mol. The molecule has 0 fully saturated rings. The van der Waals surface area contributed by atoms with E-state index in [-0.39, 0.29) is 5.56 Å². The second kappa shape index (κ2) is 4.76. The molecule has 2 heterocycles. The van der Waals surface area contributed by atoms with Gasteiger partial charge in [0, 0.05) is 24.6 Å². The van der Waals surface area contributed by atoms with Gasteiger partial charge in [0.1, 0.15) is 0 Å². The molecule has 0 bridgehead atoms. The number of rotatable bonds is 3. The van der Waals surface area contributed by atoms with Crippen molar-refractivity contribution in [2.45, 2.75) is 34.2 Å². The van der Waals surface area contributed by atoms with Crippen LogP contribution in [0.3, 0.4) is 0 Å². The summed E-state index contributed by atoms with van der Waals surface area (Å²) in [5, 5.41) is 4.30. The van der Waals surface area contributed by atoms with E-state index >= 15 is 0 Å². The van der Waals surface area contributed by atoms with Crippen LogP contribution < -0.4 is 5.56 Å². The van der Waals surface area contributed by atoms with Crippen molar-refractivity contribution in [1.82, 2.24) is 19.3 Å². The van der Waals surface area contributed by atoms with Crippen LogP contribution in [-0.2, 0) is 6.54 Å². The Morgan fingerprint density at radius 2 is 2.06 bits per heavy atom. The standard InChI is InChI=1S/C13H18N4O/c1-9(2)8-16-6-5-14-12(13(16)18)17-11(4)7-10(3)15-17/h5-7,9H,8H2,1-4H3. The minimum atomic E-state index is -0.0996. The van der Waals surface area contributed by atoms with E-state index in [9.17, 15) is 4.79 Å². The highest BCUT2D eigenvalue weighted by atomic mass is 16.1. The number of hydrogen-bond acceptors (Lipinski definition) is 3. The lowest BCUT2D eigenvalue weighted by Gasteiger charge is -2.10. The summed E-state index contributed by atoms with van der Waals surface area (Å²) in [6.07, 6.45) is 3.37. The van der Waals surface area contributed by atoms with E-state index in [0.29, 0.717) is 18.3 Å². The summed E-state index contributed by atoms with van der Waals surface area (Å²) in [4.78, 5) is 16.5. The minimum absolute atomic E-state index is 0.0996. The second-order valence-electron chi connectivity index (χ2n) is 4.94. The van der Waals surface area contributed by atoms with Gasteiger partial charge in [-0.3, -0.25) is 4.79 Å². The quantitative estimate of drug-likeness (QED) is 0.828. The first-order valence-electron chi connectivity index (χ1n) is 6.08. The van der Waals surface area contributed by atoms with E-state index in [2.05, 4.69) is 23.9 Å². The summed E-state index contributed by atoms with van der Waals surface area (Å²) in [5.74, 6) is 0.780. The zero-order valence-electron chi connectivity index (χ0n) is 11.2. The van der Waals surface area contributed by atoms with Gasteiger partial charge in [-0.15, -0.1) is 0 Å². The first-order valence-corrected chi connectivity index (χ1v) is 6.08. The lowest BCUT2D eigenvalue weighted by atomic mass is 10.2. The van der Waals surface area contributed by atoms with Crippen LogP contribution in [0.5, 0.6) is 0 Å². The maximum Gasteiger partial charge on any atom is 0.295 e. The van der Waals surface area contributed by atoms with Crippen molar-refractivity contribution in [3.63, 3.8) is 0 Å². The Hall–Kier alpha value is -1.91. The molecule has 2 aromatic heterocycles. The Morgan fingerprint density at radius 1 is 1.33 bits per heavy atom. The van der Waals surface area contributed by atoms with Gasteiger partial charge in [-0.05, 0) is 25.8 Å². The van der Waals surface area contributed by atoms with Crippen LogP contribution in [0, 0.1) is 19.8 Å². The second-order valence-corrected chi connectivity index (χ2v) is 4.94. The third-order valence-corrected chi connectivity index (χ3v) is 2.67. The third-order valence-electron chi connectivity index (χ3n) is 2.67. The maximum atomic E-state index is 12.3. The summed E-state index contributed by atoms with van der Waals surface area (Å²) >= 11 is 0. The number of nitrogens with zero attached hydrogens (tertiary/aromatic N) is 4. The van der Waals surface area contributed by atoms with Gasteiger partial charge < -0.3 is 4.57 Å². The van der Waals surface area contributed by atoms with E-state index in [1.54, 1.807) is 21.6 Å². The zero-order valence-corrected chi connectivity index (χ0v) is 11.2. The number of aromatic nitrogens is 4. The van der Waals surface area contributed by atoms with Crippen molar-refractivity contribution in [2.24, 2.45) is 5.92 Å². The van der Waals surface area contributed by atoms with Crippen LogP contribution in [0.4, 0.5) is 0 Å². The average molecular weight is 246 g/mol. The predicted molar refractivity (Wildman–Crippen MR) is 69.9 cm³/mol. The smallest absolute Gasteiger partial charge is 0.295 e. The largest absolute Gasteiger partial charge is 0.310 e. The Labute approximate surface area is 106 Å². The van der Waals surface area contributed by atoms with Gasteiger partial charge >= 0.3 is 0 Å². The van der Waals surface area contributed by atoms with Crippen molar-refractivity contribution < 1.29 is 0 Å². The van der Waals surface area contributed by atoms with E-state index in [0.717, 1.165) is 11.4 Å². The van der Waals surface area contributed by atoms with Crippen LogP contribution in [-0.4, -0.2) is 19.3 Å². The Morgan fingerprint density at radius 3 is 2.61 bits per heavy atom. The first-order chi connectivity index (χ1) is 8.49. The van der Waals surface area contributed by atoms with Gasteiger partial charge in [0.15, 0.2) is 0 Å². The summed E-state index contributed by atoms with van der Waals surface area (Å²) in [6.45, 7) is 8.67. The molecule has 2 aromatic rings. The van der Waals surface area contributed by atoms with E-state index < -0.39 is 0 Å². The molecule has 0 unspecified atom stereocenters. The van der Waals surface area contributed by atoms with Crippen LogP contribution in [0.2, 0.25) is 0 Å². The van der Waals surface area contributed by atoms with E-state index in [1.165, 1.54) is 0 Å². The highest BCUT2D eigenvalue weighted by Gasteiger charge is 2.11. The molecule has 0 spiro atoms. The van der Waals surface area contributed by atoms with E-state index in [4.69, 9.17) is 0 Å². The van der Waals surface area contributed by atoms with Crippen molar-refractivity contribution in [3.8, 4) is 5.82 Å². The van der Waals surface area contributed by atoms with Gasteiger partial charge in [-0.25, -0.2) is 9.67 Å². The van der Waals surface area contributed by atoms with Gasteiger partial charge in [0.2, 0.25) is 5.82 Å². The summed E-state index contributed by atoms with van der Waals surface area (Å²) in [6, 6.07) is 1.93. The molecule has 96 valence electrons. The molecular formula is C13H18N4O. The Kier molecular flexibility index (Phi) is 3.32. The molecule has 0 amide bonds. The molecule has 5 nitrogen and oxygen atoms in total. The molecule has 0 N–H and O–H groups in total. The maximum absolute atomic E-state index is 12.3. The van der Waals surface area contributed by atoms with Gasteiger partial charge in [0.25, 0.3) is 5.56 Å². The minimum Gasteiger partial charge on any atom is -0.310 e. The highest BCUT2D eigenvalue weighted by Crippen LogP contribution is 2.06. The number of hydrogen-bond donors (Lipinski definition) is 0. The molecule has 0 radical (unpaired) electrons. The molecule has 0 atom stereocenters. The Bertz CT molecular complexity index is 610. The van der Waals surface area contributed by atoms with Crippen LogP contribution >= 0.6 is 0 Å². The molecule has 0 aromatic carbocycles. The molecule has 0 saturated heterocycles. The normalized spacial score (nSPS) is 11.2. The summed E-state index contributed by atoms with van der Waals surface area (Å²) < 4.78 is 3.29. The van der Waals surface area contributed by atoms with Gasteiger partial charge in [-0.1, -0.05) is 13.8 Å². The van der Waals surface area contributed by atoms with Gasteiger partial charge in [-0.2, -0.15) is 5.10 Å². The molecule has 0 saturated carbocycles. The zero-order chi connectivity index (χ0) is 13.3. The van der Waals surface area contributed by atoms with E-state index in [1.807, 2.05) is 19.9 Å². The summed E-state index contributed by atoms with van der Waals surface area (Å²) in [7, 11) is 0. The molecule has 18 heavy (non-hydrogen) atoms. The molecule has 0 aliphatic heterocycles. The highest BCUT2D eigenvalue weighted by molar-refractivity contribution is 5.22. The summed E-state index contributed by atoms with van der Waals surface area (Å²) in [5.41, 5.74) is 1.70. The van der Waals surface area contributed by atoms with Gasteiger partial charge in [0.05, 0.1) is 5.69 Å². The van der Waals surface area contributed by atoms with Crippen molar-refractivity contribution in [3.05, 3.63) is 40.2 Å². The fraction of sp³-hybridized carbons (Fsp3) is 0.462. The molecule has 5 heteroatoms. The molecule has 0 aliphatic carbocycles. The number of aryl methyl sites for hydroxylation is 2. The molecular weight excluding hydrogens is 228 g/mol. The predicted octanol–water partition coefficient (Wildman–Crippen LogP) is 1.70. The molecule has 0 aliphatic rings. The fourth-order valence-corrected chi connectivity index (χ4v) is 1.96. The van der Waals surface area contributed by atoms with Crippen molar-refractivity contribution in [1.29, 1.82) is 0 Å². The van der Waals surface area contributed by atoms with Crippen LogP contribution in [0.25, 0.3) is 5.82 Å². The van der Waals surface area contributed by atoms with Crippen LogP contribution in [0.15, 0.2) is 23.3 Å². The van der Waals surface area contributed by atoms with Crippen LogP contribution in [0.1, 0.15) is 25.2 Å².